The average molecular weight is 1690 g/mol. The summed E-state index contributed by atoms with van der Waals surface area (Å²) in [6, 6.07) is 45.2. The lowest BCUT2D eigenvalue weighted by molar-refractivity contribution is -0.118. The minimum atomic E-state index is 0.110. The lowest BCUT2D eigenvalue weighted by atomic mass is 9.81. The molecule has 3 aliphatic carbocycles. The van der Waals surface area contributed by atoms with Crippen LogP contribution in [0.2, 0.25) is 0 Å². The van der Waals surface area contributed by atoms with E-state index in [4.69, 9.17) is 37.9 Å². The maximum Gasteiger partial charge on any atom is 0.231 e. The van der Waals surface area contributed by atoms with Gasteiger partial charge in [-0.05, 0) is 173 Å². The summed E-state index contributed by atoms with van der Waals surface area (Å²) in [5.74, 6) is 8.10. The molecule has 1 saturated carbocycles. The van der Waals surface area contributed by atoms with E-state index < -0.39 is 0 Å². The molecule has 123 heavy (non-hydrogen) atoms. The molecule has 3 fully saturated rings. The zero-order chi connectivity index (χ0) is 92.3. The van der Waals surface area contributed by atoms with Crippen molar-refractivity contribution < 1.29 is 42.7 Å². The average Bonchev–Trinajstić information content (AvgIpc) is 1.67. The van der Waals surface area contributed by atoms with Crippen molar-refractivity contribution in [1.82, 2.24) is 4.90 Å². The first-order valence-electron chi connectivity index (χ1n) is 44.9. The summed E-state index contributed by atoms with van der Waals surface area (Å²) < 4.78 is 44.4. The van der Waals surface area contributed by atoms with Crippen LogP contribution < -0.4 is 43.7 Å². The Labute approximate surface area is 748 Å². The fourth-order valence-corrected chi connectivity index (χ4v) is 12.9. The molecule has 680 valence electrons. The molecule has 0 aromatic heterocycles. The van der Waals surface area contributed by atoms with Crippen LogP contribution in [0.5, 0.6) is 28.7 Å². The molecular weight excluding hydrogens is 1520 g/mol. The van der Waals surface area contributed by atoms with Crippen LogP contribution in [0.25, 0.3) is 0 Å². The topological polar surface area (TPSA) is 116 Å². The summed E-state index contributed by atoms with van der Waals surface area (Å²) in [5, 5.41) is 3.50. The molecule has 0 bridgehead atoms. The highest BCUT2D eigenvalue weighted by Gasteiger charge is 2.49. The Morgan fingerprint density at radius 1 is 0.455 bits per heavy atom. The van der Waals surface area contributed by atoms with Gasteiger partial charge in [-0.25, -0.2) is 0 Å². The number of ether oxygens (including phenoxy) is 8. The number of allylic oxidation sites excluding steroid dienone is 4. The van der Waals surface area contributed by atoms with Crippen LogP contribution in [-0.4, -0.2) is 96.4 Å². The number of rotatable bonds is 0. The number of likely N-dealkylation sites (N-methyl/N-ethyl adjacent to an activating group) is 1. The number of benzene rings is 6. The first-order valence-corrected chi connectivity index (χ1v) is 44.9. The molecule has 0 radical (unpaired) electrons. The maximum atomic E-state index is 11.3. The third-order valence-corrected chi connectivity index (χ3v) is 19.1. The SMILES string of the molecule is C1=CC2CCCOC2C=C1.C=C1Oc2ccccc2N1C.C=C1Oc2ccccc2N1C.CC(C)(C)C.CC(C)(C)C.CC(C)(C)C.CC(C)(C)C.CC(C)(C)C.CC(C)(C)c1cccc2c1OC1(CC1)CN2.CC(C)(C)c1cccc2c1OCO2.CN1C(=O)CCc2ccccc21.CN1CCOC2=C(C(C)(C)C)C=CCC21.c1ccc2c(c1)CCOC2. The molecule has 6 aromatic rings. The number of carbonyl (C=O) groups is 1. The molecule has 1 amide bonds. The van der Waals surface area contributed by atoms with Gasteiger partial charge in [0.25, 0.3) is 0 Å². The Balaban J connectivity index is 0.000000241. The molecule has 1 N–H and O–H groups in total. The zero-order valence-electron chi connectivity index (χ0n) is 82.9. The van der Waals surface area contributed by atoms with Gasteiger partial charge in [-0.3, -0.25) is 9.69 Å². The Morgan fingerprint density at radius 2 is 0.927 bits per heavy atom. The predicted octanol–water partition coefficient (Wildman–Crippen LogP) is 28.1. The van der Waals surface area contributed by atoms with Crippen molar-refractivity contribution >= 4 is 28.7 Å². The molecule has 11 aliphatic rings. The summed E-state index contributed by atoms with van der Waals surface area (Å²) in [6.45, 7) is 77.0. The van der Waals surface area contributed by atoms with Crippen molar-refractivity contribution in [3.63, 3.8) is 0 Å². The molecule has 17 rings (SSSR count). The van der Waals surface area contributed by atoms with E-state index in [0.29, 0.717) is 70.1 Å². The van der Waals surface area contributed by atoms with E-state index >= 15 is 0 Å². The first kappa shape index (κ1) is 105. The molecule has 3 unspecified atom stereocenters. The van der Waals surface area contributed by atoms with Crippen molar-refractivity contribution in [3.05, 3.63) is 234 Å². The highest BCUT2D eigenvalue weighted by atomic mass is 16.7. The summed E-state index contributed by atoms with van der Waals surface area (Å²) in [5.41, 5.74) is 15.4. The van der Waals surface area contributed by atoms with E-state index in [1.54, 1.807) is 4.90 Å². The maximum absolute atomic E-state index is 11.3. The number of morpholine rings is 1. The van der Waals surface area contributed by atoms with Gasteiger partial charge >= 0.3 is 0 Å². The molecule has 6 aromatic carbocycles. The van der Waals surface area contributed by atoms with Gasteiger partial charge in [0.15, 0.2) is 34.8 Å². The summed E-state index contributed by atoms with van der Waals surface area (Å²) in [4.78, 5) is 19.3. The van der Waals surface area contributed by atoms with Crippen molar-refractivity contribution in [2.24, 2.45) is 38.4 Å². The fraction of sp³-hybridized carbons (Fsp3) is 0.550. The van der Waals surface area contributed by atoms with Gasteiger partial charge in [-0.15, -0.1) is 0 Å². The highest BCUT2D eigenvalue weighted by Crippen LogP contribution is 2.50. The number of hydrogen-bond donors (Lipinski definition) is 1. The minimum Gasteiger partial charge on any atom is -0.495 e. The number of anilines is 4. The summed E-state index contributed by atoms with van der Waals surface area (Å²) >= 11 is 0. The molecule has 1 spiro atoms. The Kier molecular flexibility index (Phi) is 39.6. The van der Waals surface area contributed by atoms with Crippen LogP contribution in [0.15, 0.2) is 206 Å². The number of amides is 1. The summed E-state index contributed by atoms with van der Waals surface area (Å²) in [7, 11) is 7.90. The van der Waals surface area contributed by atoms with Crippen molar-refractivity contribution in [2.45, 2.75) is 287 Å². The normalized spacial score (nSPS) is 18.7. The number of aryl methyl sites for hydroxylation is 1. The molecule has 2 saturated heterocycles. The minimum absolute atomic E-state index is 0.110. The number of nitrogens with zero attached hydrogens (tertiary/aromatic N) is 4. The molecular formula is C109H165N5O9. The van der Waals surface area contributed by atoms with Gasteiger partial charge in [0.2, 0.25) is 12.7 Å². The van der Waals surface area contributed by atoms with Crippen molar-refractivity contribution in [3.8, 4) is 28.7 Å². The third kappa shape index (κ3) is 39.2. The fourth-order valence-electron chi connectivity index (χ4n) is 12.9. The van der Waals surface area contributed by atoms with Crippen LogP contribution in [0.3, 0.4) is 0 Å². The first-order chi connectivity index (χ1) is 56.9. The van der Waals surface area contributed by atoms with E-state index in [9.17, 15) is 4.79 Å². The Hall–Kier alpha value is -8.69. The highest BCUT2D eigenvalue weighted by molar-refractivity contribution is 5.95. The van der Waals surface area contributed by atoms with E-state index in [0.717, 1.165) is 110 Å². The molecule has 8 aliphatic heterocycles. The van der Waals surface area contributed by atoms with Gasteiger partial charge in [-0.2, -0.15) is 0 Å². The van der Waals surface area contributed by atoms with Gasteiger partial charge in [-0.1, -0.05) is 328 Å². The van der Waals surface area contributed by atoms with Crippen LogP contribution in [0, 0.1) is 38.4 Å². The molecule has 8 heterocycles. The van der Waals surface area contributed by atoms with Gasteiger partial charge in [0, 0.05) is 63.4 Å². The van der Waals surface area contributed by atoms with Crippen LogP contribution in [0.4, 0.5) is 22.7 Å². The predicted molar refractivity (Wildman–Crippen MR) is 524 cm³/mol. The second-order valence-electron chi connectivity index (χ2n) is 44.5. The van der Waals surface area contributed by atoms with Crippen LogP contribution >= 0.6 is 0 Å². The zero-order valence-corrected chi connectivity index (χ0v) is 82.9. The number of hydrogen-bond acceptors (Lipinski definition) is 13. The second kappa shape index (κ2) is 46.5. The Morgan fingerprint density at radius 3 is 1.42 bits per heavy atom. The van der Waals surface area contributed by atoms with Crippen LogP contribution in [0.1, 0.15) is 267 Å². The van der Waals surface area contributed by atoms with E-state index in [-0.39, 0.29) is 27.8 Å². The van der Waals surface area contributed by atoms with Gasteiger partial charge < -0.3 is 57.9 Å². The van der Waals surface area contributed by atoms with Gasteiger partial charge in [0.1, 0.15) is 23.7 Å². The second-order valence-corrected chi connectivity index (χ2v) is 44.5. The van der Waals surface area contributed by atoms with E-state index in [1.807, 2.05) is 110 Å². The quantitative estimate of drug-likeness (QED) is 0.156. The number of para-hydroxylation sites is 7. The smallest absolute Gasteiger partial charge is 0.231 e. The van der Waals surface area contributed by atoms with E-state index in [1.165, 1.54) is 64.8 Å². The number of carbonyl (C=O) groups excluding carboxylic acids is 1. The lowest BCUT2D eigenvalue weighted by Crippen LogP contribution is -2.43. The number of nitrogens with one attached hydrogen (secondary N) is 1. The van der Waals surface area contributed by atoms with Crippen molar-refractivity contribution in [2.75, 3.05) is 87.9 Å². The number of fused-ring (bicyclic) bond motifs is 8. The largest absolute Gasteiger partial charge is 0.495 e. The monoisotopic (exact) mass is 1690 g/mol. The molecule has 14 nitrogen and oxygen atoms in total. The summed E-state index contributed by atoms with van der Waals surface area (Å²) in [6.07, 6.45) is 22.1. The van der Waals surface area contributed by atoms with Crippen molar-refractivity contribution in [1.29, 1.82) is 0 Å². The third-order valence-electron chi connectivity index (χ3n) is 19.1. The molecule has 3 atom stereocenters. The van der Waals surface area contributed by atoms with Crippen LogP contribution in [-0.2, 0) is 49.3 Å². The lowest BCUT2D eigenvalue weighted by Gasteiger charge is -2.39. The van der Waals surface area contributed by atoms with Gasteiger partial charge in [0.05, 0.1) is 49.0 Å². The van der Waals surface area contributed by atoms with E-state index in [2.05, 4.69) is 322 Å². The molecule has 14 heteroatoms. The standard InChI is InChI=1S/C14H19NO.C13H21NO.C11H14O2.C10H11NO.2C9H9NO.C9H12O.C9H10O.5C5H12/c1-13(2,3)10-5-4-6-11-12(10)16-14(7-8-14)9-15-11;1-13(2,3)10-6-5-7-11-12(10)15-9-8-14(11)4;1-11(2,3)8-5-4-6-9-10(8)13-7-12-9;1-11-9-5-3-2-4-8(9)6-7-10(11)12;2*1-7-10(2)8-5-3-4-6-9(8)11-7;1-2-6-9-8(4-1)5-3-7-10-9;1-2-4-9-7-10-6-5-8(9)3-1;5*1-5(2,3)4/h4-6,15H,7-9H2,1-3H3;5-6,11H,7-9H2,1-4H3;4-6H,7H2,1-3H3;2-5H,6-7H2,1H3;2*3-6H,1H2,2H3;1-2,4,6,8-9H,3,5,7H2;1-4H,5-7H2;5*1-4H3. The Bertz CT molecular complexity index is 4200.